The number of hydrogen-bond acceptors (Lipinski definition) is 5. The van der Waals surface area contributed by atoms with Gasteiger partial charge in [-0.25, -0.2) is 13.2 Å². The van der Waals surface area contributed by atoms with Crippen LogP contribution in [-0.2, 0) is 14.6 Å². The fraction of sp³-hybridized carbons (Fsp3) is 0.500. The second-order valence-electron chi connectivity index (χ2n) is 5.84. The second kappa shape index (κ2) is 6.97. The van der Waals surface area contributed by atoms with Crippen LogP contribution in [0.5, 0.6) is 0 Å². The molecule has 0 heterocycles. The van der Waals surface area contributed by atoms with Crippen LogP contribution in [0, 0.1) is 0 Å². The average Bonchev–Trinajstić information content (AvgIpc) is 2.33. The molecule has 0 spiro atoms. The van der Waals surface area contributed by atoms with E-state index < -0.39 is 27.6 Å². The van der Waals surface area contributed by atoms with Crippen molar-refractivity contribution in [2.75, 3.05) is 12.9 Å². The summed E-state index contributed by atoms with van der Waals surface area (Å²) in [6, 6.07) is 3.69. The van der Waals surface area contributed by atoms with Gasteiger partial charge in [0.25, 0.3) is 0 Å². The summed E-state index contributed by atoms with van der Waals surface area (Å²) < 4.78 is 28.6. The van der Waals surface area contributed by atoms with Gasteiger partial charge in [0.1, 0.15) is 5.60 Å². The lowest BCUT2D eigenvalue weighted by Crippen LogP contribution is -2.36. The SMILES string of the molecule is CC(C)(C)OC(=O)NC(CO)c1ccc(S(C)(=O)=O)cc1Br. The molecule has 0 fully saturated rings. The number of nitrogens with one attached hydrogen (secondary N) is 1. The van der Waals surface area contributed by atoms with Gasteiger partial charge in [-0.3, -0.25) is 0 Å². The zero-order valence-electron chi connectivity index (χ0n) is 12.9. The molecule has 2 N–H and O–H groups in total. The second-order valence-corrected chi connectivity index (χ2v) is 8.71. The van der Waals surface area contributed by atoms with Crippen molar-refractivity contribution in [2.45, 2.75) is 37.3 Å². The Morgan fingerprint density at radius 2 is 2.00 bits per heavy atom. The number of carbonyl (C=O) groups is 1. The molecule has 22 heavy (non-hydrogen) atoms. The first-order chi connectivity index (χ1) is 9.94. The van der Waals surface area contributed by atoms with Crippen molar-refractivity contribution < 1.29 is 23.1 Å². The summed E-state index contributed by atoms with van der Waals surface area (Å²) in [4.78, 5) is 11.9. The Hall–Kier alpha value is -1.12. The summed E-state index contributed by atoms with van der Waals surface area (Å²) in [5.41, 5.74) is -0.0951. The molecule has 0 aromatic heterocycles. The van der Waals surface area contributed by atoms with Crippen molar-refractivity contribution in [1.82, 2.24) is 5.32 Å². The van der Waals surface area contributed by atoms with Crippen molar-refractivity contribution >= 4 is 31.9 Å². The first kappa shape index (κ1) is 18.9. The quantitative estimate of drug-likeness (QED) is 0.818. The minimum atomic E-state index is -3.33. The molecule has 1 aromatic carbocycles. The molecule has 6 nitrogen and oxygen atoms in total. The van der Waals surface area contributed by atoms with Crippen LogP contribution in [0.15, 0.2) is 27.6 Å². The van der Waals surface area contributed by atoms with Crippen molar-refractivity contribution in [2.24, 2.45) is 0 Å². The van der Waals surface area contributed by atoms with Gasteiger partial charge in [0.15, 0.2) is 9.84 Å². The largest absolute Gasteiger partial charge is 0.444 e. The van der Waals surface area contributed by atoms with Gasteiger partial charge in [-0.05, 0) is 38.5 Å². The van der Waals surface area contributed by atoms with Gasteiger partial charge >= 0.3 is 6.09 Å². The van der Waals surface area contributed by atoms with E-state index in [2.05, 4.69) is 21.2 Å². The van der Waals surface area contributed by atoms with E-state index in [1.807, 2.05) is 0 Å². The first-order valence-corrected chi connectivity index (χ1v) is 9.22. The van der Waals surface area contributed by atoms with E-state index in [0.29, 0.717) is 10.0 Å². The third kappa shape index (κ3) is 5.58. The number of ether oxygens (including phenoxy) is 1. The average molecular weight is 394 g/mol. The fourth-order valence-electron chi connectivity index (χ4n) is 1.69. The highest BCUT2D eigenvalue weighted by molar-refractivity contribution is 9.10. The van der Waals surface area contributed by atoms with Gasteiger partial charge in [-0.1, -0.05) is 22.0 Å². The molecule has 0 aliphatic carbocycles. The van der Waals surface area contributed by atoms with Gasteiger partial charge in [-0.2, -0.15) is 0 Å². The predicted octanol–water partition coefficient (Wildman–Crippen LogP) is 2.41. The van der Waals surface area contributed by atoms with Crippen molar-refractivity contribution in [3.8, 4) is 0 Å². The summed E-state index contributed by atoms with van der Waals surface area (Å²) in [6.07, 6.45) is 0.447. The van der Waals surface area contributed by atoms with Crippen LogP contribution in [0.2, 0.25) is 0 Å². The molecule has 1 atom stereocenters. The molecule has 0 saturated heterocycles. The molecule has 1 aromatic rings. The Morgan fingerprint density at radius 3 is 2.41 bits per heavy atom. The topological polar surface area (TPSA) is 92.7 Å². The van der Waals surface area contributed by atoms with Gasteiger partial charge in [-0.15, -0.1) is 0 Å². The maximum Gasteiger partial charge on any atom is 0.408 e. The van der Waals surface area contributed by atoms with Gasteiger partial charge < -0.3 is 15.2 Å². The molecule has 1 unspecified atom stereocenters. The third-order valence-corrected chi connectivity index (χ3v) is 4.45. The predicted molar refractivity (Wildman–Crippen MR) is 86.4 cm³/mol. The van der Waals surface area contributed by atoms with Gasteiger partial charge in [0.05, 0.1) is 17.5 Å². The maximum absolute atomic E-state index is 11.8. The molecular formula is C14H20BrNO5S. The maximum atomic E-state index is 11.8. The van der Waals surface area contributed by atoms with E-state index in [9.17, 15) is 18.3 Å². The molecule has 1 amide bonds. The molecule has 0 bridgehead atoms. The van der Waals surface area contributed by atoms with Crippen LogP contribution in [-0.4, -0.2) is 38.1 Å². The van der Waals surface area contributed by atoms with E-state index in [1.165, 1.54) is 12.1 Å². The molecule has 0 aliphatic rings. The lowest BCUT2D eigenvalue weighted by Gasteiger charge is -2.23. The molecule has 1 rings (SSSR count). The van der Waals surface area contributed by atoms with Crippen LogP contribution in [0.3, 0.4) is 0 Å². The zero-order valence-corrected chi connectivity index (χ0v) is 15.3. The molecular weight excluding hydrogens is 374 g/mol. The monoisotopic (exact) mass is 393 g/mol. The van der Waals surface area contributed by atoms with E-state index in [-0.39, 0.29) is 11.5 Å². The number of sulfone groups is 1. The van der Waals surface area contributed by atoms with E-state index >= 15 is 0 Å². The minimum Gasteiger partial charge on any atom is -0.444 e. The van der Waals surface area contributed by atoms with E-state index in [4.69, 9.17) is 4.74 Å². The summed E-state index contributed by atoms with van der Waals surface area (Å²) in [7, 11) is -3.33. The lowest BCUT2D eigenvalue weighted by molar-refractivity contribution is 0.0481. The molecule has 0 aliphatic heterocycles. The third-order valence-electron chi connectivity index (χ3n) is 2.65. The number of rotatable bonds is 4. The van der Waals surface area contributed by atoms with Crippen LogP contribution < -0.4 is 5.32 Å². The first-order valence-electron chi connectivity index (χ1n) is 6.54. The molecule has 0 radical (unpaired) electrons. The summed E-state index contributed by atoms with van der Waals surface area (Å²) in [5.74, 6) is 0. The molecule has 0 saturated carbocycles. The van der Waals surface area contributed by atoms with Crippen molar-refractivity contribution in [3.05, 3.63) is 28.2 Å². The van der Waals surface area contributed by atoms with Crippen LogP contribution in [0.25, 0.3) is 0 Å². The highest BCUT2D eigenvalue weighted by Crippen LogP contribution is 2.26. The molecule has 8 heteroatoms. The number of amides is 1. The Bertz CT molecular complexity index is 652. The van der Waals surface area contributed by atoms with Crippen LogP contribution in [0.4, 0.5) is 4.79 Å². The summed E-state index contributed by atoms with van der Waals surface area (Å²) in [5, 5.41) is 12.0. The Kier molecular flexibility index (Phi) is 6.00. The number of hydrogen-bond donors (Lipinski definition) is 2. The number of aliphatic hydroxyl groups is 1. The van der Waals surface area contributed by atoms with Gasteiger partial charge in [0, 0.05) is 10.7 Å². The Labute approximate surface area is 138 Å². The standard InChI is InChI=1S/C14H20BrNO5S/c1-14(2,3)21-13(18)16-12(8-17)10-6-5-9(7-11(10)15)22(4,19)20/h5-7,12,17H,8H2,1-4H3,(H,16,18). The van der Waals surface area contributed by atoms with E-state index in [1.54, 1.807) is 26.8 Å². The van der Waals surface area contributed by atoms with Crippen molar-refractivity contribution in [1.29, 1.82) is 0 Å². The smallest absolute Gasteiger partial charge is 0.408 e. The van der Waals surface area contributed by atoms with Gasteiger partial charge in [0.2, 0.25) is 0 Å². The number of carbonyl (C=O) groups excluding carboxylic acids is 1. The van der Waals surface area contributed by atoms with Crippen molar-refractivity contribution in [3.63, 3.8) is 0 Å². The zero-order chi connectivity index (χ0) is 17.1. The normalized spacial score (nSPS) is 13.5. The van der Waals surface area contributed by atoms with Crippen LogP contribution >= 0.6 is 15.9 Å². The number of aliphatic hydroxyl groups excluding tert-OH is 1. The highest BCUT2D eigenvalue weighted by atomic mass is 79.9. The number of benzene rings is 1. The summed E-state index contributed by atoms with van der Waals surface area (Å²) >= 11 is 3.26. The molecule has 124 valence electrons. The number of halogens is 1. The van der Waals surface area contributed by atoms with Crippen LogP contribution in [0.1, 0.15) is 32.4 Å². The Morgan fingerprint density at radius 1 is 1.41 bits per heavy atom. The number of alkyl carbamates (subject to hydrolysis) is 1. The summed E-state index contributed by atoms with van der Waals surface area (Å²) in [6.45, 7) is 4.85. The lowest BCUT2D eigenvalue weighted by atomic mass is 10.1. The van der Waals surface area contributed by atoms with E-state index in [0.717, 1.165) is 6.26 Å². The fourth-order valence-corrected chi connectivity index (χ4v) is 3.15. The highest BCUT2D eigenvalue weighted by Gasteiger charge is 2.22. The minimum absolute atomic E-state index is 0.150. The Balaban J connectivity index is 2.99.